The molecule has 94 valence electrons. The maximum atomic E-state index is 8.72. The number of carbonyl (C=O) groups is 1. The highest BCUT2D eigenvalue weighted by molar-refractivity contribution is 9.17. The molecule has 0 heterocycles. The maximum absolute atomic E-state index is 8.72. The number of hydrogen-bond acceptors (Lipinski definition) is 1. The Hall–Kier alpha value is 0.150. The minimum Gasteiger partial charge on any atom is -0.290 e. The van der Waals surface area contributed by atoms with E-state index in [1.54, 1.807) is 38.5 Å². The lowest BCUT2D eigenvalue weighted by Gasteiger charge is -2.69. The molecule has 0 aliphatic heterocycles. The molecule has 1 nitrogen and oxygen atoms in total. The summed E-state index contributed by atoms with van der Waals surface area (Å²) >= 11 is 2.47. The van der Waals surface area contributed by atoms with Gasteiger partial charge >= 0.3 is 0 Å². The van der Waals surface area contributed by atoms with Crippen LogP contribution in [0, 0.1) is 47.3 Å². The van der Waals surface area contributed by atoms with Crippen LogP contribution in [0.5, 0.6) is 0 Å². The van der Waals surface area contributed by atoms with Gasteiger partial charge in [-0.3, -0.25) is 4.79 Å². The van der Waals surface area contributed by atoms with Crippen molar-refractivity contribution in [2.75, 3.05) is 0 Å². The second kappa shape index (κ2) is 3.82. The Morgan fingerprint density at radius 3 is 1.00 bits per heavy atom. The third kappa shape index (κ3) is 1.39. The van der Waals surface area contributed by atoms with E-state index < -0.39 is 0 Å². The number of hydrogen-bond donors (Lipinski definition) is 0. The molecule has 0 N–H and O–H groups in total. The highest BCUT2D eigenvalue weighted by Gasteiger charge is 2.63. The van der Waals surface area contributed by atoms with Gasteiger partial charge in [-0.25, -0.2) is 0 Å². The summed E-state index contributed by atoms with van der Waals surface area (Å²) in [6.07, 6.45) is 9.93. The molecule has 17 heavy (non-hydrogen) atoms. The van der Waals surface area contributed by atoms with Crippen LogP contribution in [0.25, 0.3) is 0 Å². The second-order valence-corrected chi connectivity index (χ2v) is 7.59. The first-order valence-electron chi connectivity index (χ1n) is 7.35. The van der Waals surface area contributed by atoms with Gasteiger partial charge in [0.2, 0.25) is 0 Å². The third-order valence-corrected chi connectivity index (χ3v) is 6.93. The smallest absolute Gasteiger partial charge is 0.185 e. The zero-order valence-corrected chi connectivity index (χ0v) is 11.8. The number of carbonyl (C=O) groups excluding carboxylic acids is 1. The summed E-state index contributed by atoms with van der Waals surface area (Å²) in [6.45, 7) is 0. The second-order valence-electron chi connectivity index (χ2n) is 7.22. The first kappa shape index (κ1) is 11.0. The Balaban J connectivity index is 0.000000246. The van der Waals surface area contributed by atoms with Gasteiger partial charge in [-0.1, -0.05) is 0 Å². The lowest BCUT2D eigenvalue weighted by atomic mass is 9.36. The molecule has 0 aromatic heterocycles. The zero-order chi connectivity index (χ0) is 11.6. The van der Waals surface area contributed by atoms with Gasteiger partial charge in [0, 0.05) is 0 Å². The van der Waals surface area contributed by atoms with E-state index in [2.05, 4.69) is 15.9 Å². The van der Waals surface area contributed by atoms with Crippen LogP contribution in [0.2, 0.25) is 0 Å². The standard InChI is InChI=1S/C14H20.CHBrO/c1-7-2-12-10-4-8-5-11(9(1)10)13(3-7)14(12)6-8;2-1-3/h7-14H,1-6H2;1H. The summed E-state index contributed by atoms with van der Waals surface area (Å²) in [7, 11) is 0. The zero-order valence-electron chi connectivity index (χ0n) is 10.2. The van der Waals surface area contributed by atoms with E-state index in [9.17, 15) is 0 Å². The first-order chi connectivity index (χ1) is 8.31. The van der Waals surface area contributed by atoms with Crippen LogP contribution in [0.1, 0.15) is 38.5 Å². The molecule has 0 aromatic rings. The van der Waals surface area contributed by atoms with Crippen molar-refractivity contribution in [1.29, 1.82) is 0 Å². The summed E-state index contributed by atoms with van der Waals surface area (Å²) in [4.78, 5) is 8.72. The Morgan fingerprint density at radius 2 is 0.824 bits per heavy atom. The van der Waals surface area contributed by atoms with Crippen molar-refractivity contribution >= 4 is 21.1 Å². The van der Waals surface area contributed by atoms with E-state index in [1.165, 1.54) is 47.3 Å². The normalized spacial score (nSPS) is 60.1. The van der Waals surface area contributed by atoms with E-state index in [1.807, 2.05) is 0 Å². The van der Waals surface area contributed by atoms with Gasteiger partial charge in [-0.2, -0.15) is 0 Å². The van der Waals surface area contributed by atoms with Gasteiger partial charge < -0.3 is 0 Å². The highest BCUT2D eigenvalue weighted by atomic mass is 79.9. The summed E-state index contributed by atoms with van der Waals surface area (Å²) < 4.78 is 0. The number of halogens is 1. The van der Waals surface area contributed by atoms with Crippen molar-refractivity contribution in [1.82, 2.24) is 0 Å². The Labute approximate surface area is 112 Å². The summed E-state index contributed by atoms with van der Waals surface area (Å²) in [6, 6.07) is 0. The monoisotopic (exact) mass is 296 g/mol. The molecule has 0 saturated heterocycles. The molecule has 0 radical (unpaired) electrons. The van der Waals surface area contributed by atoms with E-state index in [-0.39, 0.29) is 0 Å². The quantitative estimate of drug-likeness (QED) is 0.489. The molecule has 7 fully saturated rings. The van der Waals surface area contributed by atoms with Crippen LogP contribution in [0.3, 0.4) is 0 Å². The molecular weight excluding hydrogens is 276 g/mol. The van der Waals surface area contributed by atoms with Crippen molar-refractivity contribution in [2.45, 2.75) is 38.5 Å². The molecule has 7 saturated carbocycles. The van der Waals surface area contributed by atoms with Crippen molar-refractivity contribution in [3.05, 3.63) is 0 Å². The van der Waals surface area contributed by atoms with Crippen LogP contribution < -0.4 is 0 Å². The average Bonchev–Trinajstić information content (AvgIpc) is 2.36. The van der Waals surface area contributed by atoms with Crippen molar-refractivity contribution < 1.29 is 4.79 Å². The van der Waals surface area contributed by atoms with Crippen LogP contribution in [-0.2, 0) is 4.79 Å². The van der Waals surface area contributed by atoms with E-state index in [0.29, 0.717) is 5.20 Å². The van der Waals surface area contributed by atoms with Crippen molar-refractivity contribution in [2.24, 2.45) is 47.3 Å². The molecule has 8 bridgehead atoms. The SMILES string of the molecule is C1C2CC3C4CC5CC(C14)C(C2)C3C5.O=CBr. The summed E-state index contributed by atoms with van der Waals surface area (Å²) in [5.41, 5.74) is 0. The summed E-state index contributed by atoms with van der Waals surface area (Å²) in [5.74, 6) is 9.74. The Bertz CT molecular complexity index is 252. The van der Waals surface area contributed by atoms with Gasteiger partial charge in [0.05, 0.1) is 0 Å². The molecule has 7 aliphatic rings. The van der Waals surface area contributed by atoms with Gasteiger partial charge in [-0.05, 0) is 102 Å². The topological polar surface area (TPSA) is 17.1 Å². The fourth-order valence-electron chi connectivity index (χ4n) is 6.89. The molecule has 0 amide bonds. The van der Waals surface area contributed by atoms with Gasteiger partial charge in [-0.15, -0.1) is 0 Å². The molecule has 0 atom stereocenters. The van der Waals surface area contributed by atoms with Crippen LogP contribution in [-0.4, -0.2) is 5.20 Å². The molecule has 0 aromatic carbocycles. The van der Waals surface area contributed by atoms with Crippen LogP contribution in [0.15, 0.2) is 0 Å². The fraction of sp³-hybridized carbons (Fsp3) is 0.933. The van der Waals surface area contributed by atoms with E-state index >= 15 is 0 Å². The molecule has 7 rings (SSSR count). The van der Waals surface area contributed by atoms with Gasteiger partial charge in [0.25, 0.3) is 0 Å². The van der Waals surface area contributed by atoms with Gasteiger partial charge in [0.15, 0.2) is 5.20 Å². The van der Waals surface area contributed by atoms with Crippen molar-refractivity contribution in [3.8, 4) is 0 Å². The van der Waals surface area contributed by atoms with E-state index in [4.69, 9.17) is 4.79 Å². The Kier molecular flexibility index (Phi) is 2.48. The minimum absolute atomic E-state index is 0.562. The minimum atomic E-state index is 0.562. The Morgan fingerprint density at radius 1 is 0.647 bits per heavy atom. The van der Waals surface area contributed by atoms with Crippen molar-refractivity contribution in [3.63, 3.8) is 0 Å². The average molecular weight is 297 g/mol. The lowest BCUT2D eigenvalue weighted by molar-refractivity contribution is -0.202. The molecule has 7 aliphatic carbocycles. The van der Waals surface area contributed by atoms with Gasteiger partial charge in [0.1, 0.15) is 0 Å². The van der Waals surface area contributed by atoms with E-state index in [0.717, 1.165) is 0 Å². The number of rotatable bonds is 0. The maximum Gasteiger partial charge on any atom is 0.185 e. The molecule has 0 spiro atoms. The largest absolute Gasteiger partial charge is 0.290 e. The molecule has 0 unspecified atom stereocenters. The molecular formula is C15H21BrO. The molecule has 2 heteroatoms. The fourth-order valence-corrected chi connectivity index (χ4v) is 6.89. The lowest BCUT2D eigenvalue weighted by Crippen LogP contribution is -2.62. The van der Waals surface area contributed by atoms with Crippen LogP contribution in [0.4, 0.5) is 0 Å². The highest BCUT2D eigenvalue weighted by Crippen LogP contribution is 2.71. The summed E-state index contributed by atoms with van der Waals surface area (Å²) in [5, 5.41) is 0.562. The predicted octanol–water partition coefficient (Wildman–Crippen LogP) is 3.90. The third-order valence-electron chi connectivity index (χ3n) is 6.93. The first-order valence-corrected chi connectivity index (χ1v) is 8.27. The van der Waals surface area contributed by atoms with Crippen LogP contribution >= 0.6 is 15.9 Å². The predicted molar refractivity (Wildman–Crippen MR) is 71.3 cm³/mol.